The molecule has 0 saturated carbocycles. The zero-order chi connectivity index (χ0) is 13.7. The Morgan fingerprint density at radius 1 is 1.26 bits per heavy atom. The molecule has 1 unspecified atom stereocenters. The lowest BCUT2D eigenvalue weighted by Crippen LogP contribution is -2.15. The molecule has 5 heteroatoms. The van der Waals surface area contributed by atoms with Crippen LogP contribution in [0.3, 0.4) is 0 Å². The van der Waals surface area contributed by atoms with E-state index in [4.69, 9.17) is 4.52 Å². The van der Waals surface area contributed by atoms with E-state index >= 15 is 0 Å². The van der Waals surface area contributed by atoms with E-state index < -0.39 is 6.10 Å². The van der Waals surface area contributed by atoms with Gasteiger partial charge in [-0.05, 0) is 19.7 Å². The molecule has 0 aliphatic heterocycles. The third-order valence-electron chi connectivity index (χ3n) is 2.85. The van der Waals surface area contributed by atoms with Gasteiger partial charge in [-0.15, -0.1) is 0 Å². The Kier molecular flexibility index (Phi) is 4.65. The summed E-state index contributed by atoms with van der Waals surface area (Å²) in [6.07, 6.45) is 0.486. The van der Waals surface area contributed by atoms with Gasteiger partial charge in [0, 0.05) is 13.0 Å². The Hall–Kier alpha value is -1.72. The van der Waals surface area contributed by atoms with Gasteiger partial charge in [0.1, 0.15) is 0 Å². The molecular weight excluding hydrogens is 242 g/mol. The van der Waals surface area contributed by atoms with Gasteiger partial charge in [-0.1, -0.05) is 35.5 Å². The second-order valence-electron chi connectivity index (χ2n) is 4.79. The number of aliphatic hydroxyl groups is 1. The van der Waals surface area contributed by atoms with Crippen LogP contribution in [0.15, 0.2) is 34.9 Å². The zero-order valence-corrected chi connectivity index (χ0v) is 11.3. The number of aliphatic hydroxyl groups excluding tert-OH is 1. The lowest BCUT2D eigenvalue weighted by Gasteiger charge is -2.07. The van der Waals surface area contributed by atoms with E-state index in [9.17, 15) is 5.11 Å². The number of aromatic nitrogens is 2. The van der Waals surface area contributed by atoms with Gasteiger partial charge < -0.3 is 14.5 Å². The van der Waals surface area contributed by atoms with E-state index in [0.717, 1.165) is 18.5 Å². The highest BCUT2D eigenvalue weighted by atomic mass is 16.5. The van der Waals surface area contributed by atoms with Crippen molar-refractivity contribution in [3.8, 4) is 0 Å². The minimum atomic E-state index is -0.608. The number of likely N-dealkylation sites (N-methyl/N-ethyl adjacent to an activating group) is 1. The third-order valence-corrected chi connectivity index (χ3v) is 2.85. The van der Waals surface area contributed by atoms with Crippen molar-refractivity contribution in [1.29, 1.82) is 0 Å². The van der Waals surface area contributed by atoms with Crippen LogP contribution in [0.1, 0.15) is 23.4 Å². The summed E-state index contributed by atoms with van der Waals surface area (Å²) in [4.78, 5) is 6.35. The molecule has 5 nitrogen and oxygen atoms in total. The molecule has 19 heavy (non-hydrogen) atoms. The molecule has 1 aromatic carbocycles. The number of benzene rings is 1. The lowest BCUT2D eigenvalue weighted by atomic mass is 10.1. The fourth-order valence-electron chi connectivity index (χ4n) is 1.76. The molecule has 2 aromatic rings. The van der Waals surface area contributed by atoms with Crippen molar-refractivity contribution >= 4 is 0 Å². The average Bonchev–Trinajstić information content (AvgIpc) is 2.85. The van der Waals surface area contributed by atoms with Crippen LogP contribution in [0.4, 0.5) is 0 Å². The highest BCUT2D eigenvalue weighted by Crippen LogP contribution is 2.16. The number of hydrogen-bond donors (Lipinski definition) is 1. The first-order valence-electron chi connectivity index (χ1n) is 6.34. The van der Waals surface area contributed by atoms with Gasteiger partial charge in [0.05, 0.1) is 12.5 Å². The second-order valence-corrected chi connectivity index (χ2v) is 4.79. The van der Waals surface area contributed by atoms with Crippen LogP contribution in [0, 0.1) is 0 Å². The maximum Gasteiger partial charge on any atom is 0.229 e. The van der Waals surface area contributed by atoms with Crippen molar-refractivity contribution < 1.29 is 9.63 Å². The van der Waals surface area contributed by atoms with Gasteiger partial charge in [-0.25, -0.2) is 0 Å². The van der Waals surface area contributed by atoms with Crippen LogP contribution >= 0.6 is 0 Å². The number of rotatable bonds is 6. The highest BCUT2D eigenvalue weighted by Gasteiger charge is 2.13. The van der Waals surface area contributed by atoms with E-state index in [1.165, 1.54) is 0 Å². The first-order valence-corrected chi connectivity index (χ1v) is 6.34. The number of hydrogen-bond acceptors (Lipinski definition) is 5. The molecule has 1 aromatic heterocycles. The predicted molar refractivity (Wildman–Crippen MR) is 71.7 cm³/mol. The van der Waals surface area contributed by atoms with Gasteiger partial charge >= 0.3 is 0 Å². The van der Waals surface area contributed by atoms with Gasteiger partial charge in [-0.2, -0.15) is 4.98 Å². The van der Waals surface area contributed by atoms with E-state index in [1.807, 2.05) is 44.4 Å². The maximum atomic E-state index is 10.1. The summed E-state index contributed by atoms with van der Waals surface area (Å²) in [5.74, 6) is 1.16. The Bertz CT molecular complexity index is 496. The summed E-state index contributed by atoms with van der Waals surface area (Å²) < 4.78 is 5.15. The van der Waals surface area contributed by atoms with Crippen molar-refractivity contribution in [3.05, 3.63) is 47.6 Å². The van der Waals surface area contributed by atoms with Crippen LogP contribution in [-0.4, -0.2) is 40.8 Å². The lowest BCUT2D eigenvalue weighted by molar-refractivity contribution is 0.164. The fourth-order valence-corrected chi connectivity index (χ4v) is 1.76. The van der Waals surface area contributed by atoms with Gasteiger partial charge in [-0.3, -0.25) is 0 Å². The Morgan fingerprint density at radius 3 is 2.68 bits per heavy atom. The van der Waals surface area contributed by atoms with Crippen LogP contribution < -0.4 is 0 Å². The monoisotopic (exact) mass is 261 g/mol. The van der Waals surface area contributed by atoms with Crippen LogP contribution in [0.25, 0.3) is 0 Å². The van der Waals surface area contributed by atoms with Gasteiger partial charge in [0.2, 0.25) is 5.89 Å². The van der Waals surface area contributed by atoms with Crippen LogP contribution in [-0.2, 0) is 12.8 Å². The molecule has 0 spiro atoms. The Labute approximate surface area is 112 Å². The standard InChI is InChI=1S/C14H19N3O2/c1-17(2)9-8-13-15-14(19-16-13)10-12(18)11-6-4-3-5-7-11/h3-7,12,18H,8-10H2,1-2H3. The minimum absolute atomic E-state index is 0.346. The molecule has 1 heterocycles. The van der Waals surface area contributed by atoms with Crippen molar-refractivity contribution in [3.63, 3.8) is 0 Å². The van der Waals surface area contributed by atoms with E-state index in [2.05, 4.69) is 15.0 Å². The van der Waals surface area contributed by atoms with E-state index in [-0.39, 0.29) is 0 Å². The Balaban J connectivity index is 1.93. The SMILES string of the molecule is CN(C)CCc1noc(CC(O)c2ccccc2)n1. The summed E-state index contributed by atoms with van der Waals surface area (Å²) in [7, 11) is 4.00. The summed E-state index contributed by atoms with van der Waals surface area (Å²) >= 11 is 0. The summed E-state index contributed by atoms with van der Waals surface area (Å²) in [6.45, 7) is 0.875. The Morgan fingerprint density at radius 2 is 2.00 bits per heavy atom. The molecular formula is C14H19N3O2. The normalized spacial score (nSPS) is 12.8. The molecule has 0 aliphatic rings. The molecule has 0 fully saturated rings. The minimum Gasteiger partial charge on any atom is -0.388 e. The maximum absolute atomic E-state index is 10.1. The van der Waals surface area contributed by atoms with Crippen molar-refractivity contribution in [1.82, 2.24) is 15.0 Å². The topological polar surface area (TPSA) is 62.4 Å². The molecule has 1 N–H and O–H groups in total. The molecule has 0 bridgehead atoms. The van der Waals surface area contributed by atoms with Crippen molar-refractivity contribution in [2.45, 2.75) is 18.9 Å². The average molecular weight is 261 g/mol. The summed E-state index contributed by atoms with van der Waals surface area (Å²) in [5, 5.41) is 14.0. The molecule has 102 valence electrons. The molecule has 2 rings (SSSR count). The largest absolute Gasteiger partial charge is 0.388 e. The zero-order valence-electron chi connectivity index (χ0n) is 11.3. The third kappa shape index (κ3) is 4.15. The van der Waals surface area contributed by atoms with E-state index in [1.54, 1.807) is 0 Å². The fraction of sp³-hybridized carbons (Fsp3) is 0.429. The summed E-state index contributed by atoms with van der Waals surface area (Å²) in [6, 6.07) is 9.48. The highest BCUT2D eigenvalue weighted by molar-refractivity contribution is 5.18. The first-order chi connectivity index (χ1) is 9.15. The van der Waals surface area contributed by atoms with Crippen molar-refractivity contribution in [2.75, 3.05) is 20.6 Å². The second kappa shape index (κ2) is 6.45. The van der Waals surface area contributed by atoms with Crippen molar-refractivity contribution in [2.24, 2.45) is 0 Å². The smallest absolute Gasteiger partial charge is 0.229 e. The first kappa shape index (κ1) is 13.7. The van der Waals surface area contributed by atoms with Crippen LogP contribution in [0.2, 0.25) is 0 Å². The van der Waals surface area contributed by atoms with Gasteiger partial charge in [0.25, 0.3) is 0 Å². The number of nitrogens with zero attached hydrogens (tertiary/aromatic N) is 3. The predicted octanol–water partition coefficient (Wildman–Crippen LogP) is 1.45. The van der Waals surface area contributed by atoms with E-state index in [0.29, 0.717) is 18.1 Å². The molecule has 0 saturated heterocycles. The molecule has 1 atom stereocenters. The van der Waals surface area contributed by atoms with Gasteiger partial charge in [0.15, 0.2) is 5.82 Å². The van der Waals surface area contributed by atoms with Crippen LogP contribution in [0.5, 0.6) is 0 Å². The molecule has 0 amide bonds. The quantitative estimate of drug-likeness (QED) is 0.852. The molecule has 0 aliphatic carbocycles. The molecule has 0 radical (unpaired) electrons. The summed E-state index contributed by atoms with van der Waals surface area (Å²) in [5.41, 5.74) is 0.857.